The van der Waals surface area contributed by atoms with Crippen LogP contribution < -0.4 is 115 Å². The SMILES string of the molecule is N#CS.N=C(N)N.O=C([O-])CC(O)(CC(=O)[O-])C(=O)[O-].[Na+].[Na+].[Na+]. The number of hydrogen-bond acceptors (Lipinski definition) is 10. The van der Waals surface area contributed by atoms with Crippen LogP contribution in [-0.4, -0.2) is 34.6 Å². The van der Waals surface area contributed by atoms with Crippen LogP contribution in [0.5, 0.6) is 0 Å². The van der Waals surface area contributed by atoms with Gasteiger partial charge in [-0.1, -0.05) is 12.6 Å². The molecule has 11 nitrogen and oxygen atoms in total. The second kappa shape index (κ2) is 22.5. The summed E-state index contributed by atoms with van der Waals surface area (Å²) in [5.41, 5.74) is 5.97. The quantitative estimate of drug-likeness (QED) is 0.0997. The summed E-state index contributed by atoms with van der Waals surface area (Å²) >= 11 is 3.09. The zero-order chi connectivity index (χ0) is 16.9. The molecule has 0 radical (unpaired) electrons. The zero-order valence-electron chi connectivity index (χ0n) is 12.9. The Bertz CT molecular complexity index is 399. The van der Waals surface area contributed by atoms with Crippen LogP contribution in [0, 0.1) is 16.1 Å². The summed E-state index contributed by atoms with van der Waals surface area (Å²) in [5, 5.41) is 53.6. The number of thiocyanates is 1. The second-order valence-electron chi connectivity index (χ2n) is 2.97. The van der Waals surface area contributed by atoms with Crippen molar-refractivity contribution in [1.82, 2.24) is 0 Å². The number of hydrogen-bond donors (Lipinski definition) is 5. The van der Waals surface area contributed by atoms with Gasteiger partial charge in [0, 0.05) is 24.8 Å². The average molecular weight is 376 g/mol. The Balaban J connectivity index is -0.0000000620. The zero-order valence-corrected chi connectivity index (χ0v) is 19.8. The Hall–Kier alpha value is 0.480. The average Bonchev–Trinajstić information content (AvgIpc) is 2.14. The molecule has 114 valence electrons. The number of thiol groups is 1. The molecule has 0 aromatic rings. The number of carboxylic acid groups (broad SMARTS) is 3. The molecule has 0 aliphatic heterocycles. The molecule has 6 N–H and O–H groups in total. The summed E-state index contributed by atoms with van der Waals surface area (Å²) in [7, 11) is 0. The molecule has 23 heavy (non-hydrogen) atoms. The number of aliphatic carboxylic acids is 3. The molecule has 0 unspecified atom stereocenters. The number of guanidine groups is 1. The van der Waals surface area contributed by atoms with Crippen LogP contribution in [0.15, 0.2) is 0 Å². The Labute approximate surface area is 203 Å². The maximum atomic E-state index is 10.1. The van der Waals surface area contributed by atoms with E-state index in [-0.39, 0.29) is 94.6 Å². The number of rotatable bonds is 5. The van der Waals surface area contributed by atoms with E-state index in [2.05, 4.69) is 24.1 Å². The van der Waals surface area contributed by atoms with Gasteiger partial charge in [-0.3, -0.25) is 5.41 Å². The van der Waals surface area contributed by atoms with E-state index in [1.54, 1.807) is 0 Å². The first-order valence-electron chi connectivity index (χ1n) is 4.39. The van der Waals surface area contributed by atoms with Crippen LogP contribution in [0.4, 0.5) is 0 Å². The molecule has 0 aliphatic rings. The number of nitriles is 1. The summed E-state index contributed by atoms with van der Waals surface area (Å²) in [6, 6.07) is 0. The number of aliphatic hydroxyl groups is 1. The van der Waals surface area contributed by atoms with E-state index in [1.165, 1.54) is 5.40 Å². The van der Waals surface area contributed by atoms with Gasteiger partial charge in [0.2, 0.25) is 0 Å². The number of nitrogens with one attached hydrogen (secondary N) is 1. The summed E-state index contributed by atoms with van der Waals surface area (Å²) in [5.74, 6) is -6.32. The Morgan fingerprint density at radius 3 is 1.35 bits per heavy atom. The van der Waals surface area contributed by atoms with Crippen LogP contribution >= 0.6 is 12.6 Å². The van der Waals surface area contributed by atoms with Crippen LogP contribution in [0.25, 0.3) is 0 Å². The first-order valence-corrected chi connectivity index (χ1v) is 4.83. The van der Waals surface area contributed by atoms with E-state index in [9.17, 15) is 29.7 Å². The third-order valence-corrected chi connectivity index (χ3v) is 1.25. The minimum atomic E-state index is -2.97. The topological polar surface area (TPSA) is 240 Å². The first kappa shape index (κ1) is 38.8. The van der Waals surface area contributed by atoms with Crippen LogP contribution in [0.1, 0.15) is 12.8 Å². The third kappa shape index (κ3) is 34.7. The normalized spacial score (nSPS) is 7.52. The Kier molecular flexibility index (Phi) is 38.0. The maximum Gasteiger partial charge on any atom is 1.00 e. The van der Waals surface area contributed by atoms with Gasteiger partial charge in [-0.2, -0.15) is 5.26 Å². The van der Waals surface area contributed by atoms with E-state index in [4.69, 9.17) is 15.8 Å². The predicted molar refractivity (Wildman–Crippen MR) is 59.9 cm³/mol. The van der Waals surface area contributed by atoms with Gasteiger partial charge in [0.1, 0.15) is 11.0 Å². The van der Waals surface area contributed by atoms with Gasteiger partial charge in [-0.15, -0.1) is 0 Å². The molecular formula is C8H11N4Na3O7S. The molecule has 0 saturated heterocycles. The fourth-order valence-corrected chi connectivity index (χ4v) is 0.684. The number of carbonyl (C=O) groups is 3. The van der Waals surface area contributed by atoms with Crippen molar-refractivity contribution in [2.45, 2.75) is 18.4 Å². The van der Waals surface area contributed by atoms with Crippen molar-refractivity contribution < 1.29 is 123 Å². The predicted octanol–water partition coefficient (Wildman–Crippen LogP) is -15.0. The van der Waals surface area contributed by atoms with Crippen molar-refractivity contribution in [3.8, 4) is 5.40 Å². The van der Waals surface area contributed by atoms with Crippen LogP contribution in [-0.2, 0) is 14.4 Å². The number of nitrogens with two attached hydrogens (primary N) is 2. The van der Waals surface area contributed by atoms with Gasteiger partial charge in [-0.25, -0.2) is 0 Å². The molecule has 15 heteroatoms. The molecule has 0 saturated carbocycles. The number of carboxylic acids is 3. The molecule has 0 rings (SSSR count). The fraction of sp³-hybridized carbons (Fsp3) is 0.375. The molecule has 0 atom stereocenters. The summed E-state index contributed by atoms with van der Waals surface area (Å²) in [4.78, 5) is 30.0. The molecule has 0 bridgehead atoms. The summed E-state index contributed by atoms with van der Waals surface area (Å²) in [6.07, 6.45) is -2.72. The van der Waals surface area contributed by atoms with Crippen LogP contribution in [0.2, 0.25) is 0 Å². The molecule has 0 heterocycles. The smallest absolute Gasteiger partial charge is 0.550 e. The van der Waals surface area contributed by atoms with E-state index in [0.717, 1.165) is 0 Å². The third-order valence-electron chi connectivity index (χ3n) is 1.25. The molecule has 0 aromatic carbocycles. The van der Waals surface area contributed by atoms with Crippen molar-refractivity contribution >= 4 is 36.5 Å². The van der Waals surface area contributed by atoms with Gasteiger partial charge >= 0.3 is 88.7 Å². The minimum absolute atomic E-state index is 0. The maximum absolute atomic E-state index is 10.1. The van der Waals surface area contributed by atoms with E-state index < -0.39 is 36.4 Å². The van der Waals surface area contributed by atoms with E-state index in [0.29, 0.717) is 0 Å². The van der Waals surface area contributed by atoms with Gasteiger partial charge in [-0.05, 0) is 0 Å². The number of carbonyl (C=O) groups excluding carboxylic acids is 3. The Morgan fingerprint density at radius 2 is 1.26 bits per heavy atom. The molecule has 0 fully saturated rings. The van der Waals surface area contributed by atoms with Crippen molar-refractivity contribution in [3.05, 3.63) is 0 Å². The largest absolute Gasteiger partial charge is 1.00 e. The summed E-state index contributed by atoms with van der Waals surface area (Å²) in [6.45, 7) is 0. The molecular weight excluding hydrogens is 365 g/mol. The first-order chi connectivity index (χ1) is 8.92. The van der Waals surface area contributed by atoms with Gasteiger partial charge < -0.3 is 46.3 Å². The molecule has 0 amide bonds. The van der Waals surface area contributed by atoms with Crippen molar-refractivity contribution in [2.75, 3.05) is 0 Å². The van der Waals surface area contributed by atoms with Gasteiger partial charge in [0.25, 0.3) is 0 Å². The minimum Gasteiger partial charge on any atom is -0.550 e. The second-order valence-corrected chi connectivity index (χ2v) is 3.17. The van der Waals surface area contributed by atoms with E-state index in [1.807, 2.05) is 0 Å². The van der Waals surface area contributed by atoms with Crippen LogP contribution in [0.3, 0.4) is 0 Å². The van der Waals surface area contributed by atoms with Crippen molar-refractivity contribution in [3.63, 3.8) is 0 Å². The molecule has 0 aromatic heterocycles. The molecule has 0 spiro atoms. The monoisotopic (exact) mass is 376 g/mol. The van der Waals surface area contributed by atoms with E-state index >= 15 is 0 Å². The van der Waals surface area contributed by atoms with Gasteiger partial charge in [0.05, 0.1) is 5.97 Å². The number of nitrogens with zero attached hydrogens (tertiary/aromatic N) is 1. The molecule has 0 aliphatic carbocycles. The summed E-state index contributed by atoms with van der Waals surface area (Å²) < 4.78 is 0. The van der Waals surface area contributed by atoms with Crippen molar-refractivity contribution in [1.29, 1.82) is 10.7 Å². The van der Waals surface area contributed by atoms with Gasteiger partial charge in [0.15, 0.2) is 5.96 Å². The standard InChI is InChI=1S/C6H8O7.CH5N3.CHNS.3Na/c7-3(8)1-6(13,5(11)12)2-4(9)10;2-1(3)4;2-1-3;;;/h13H,1-2H2,(H,7,8)(H,9,10)(H,11,12);(H5,2,3,4);3H;;;/q;;;3*+1/p-3. The Morgan fingerprint density at radius 1 is 1.09 bits per heavy atom. The fourth-order valence-electron chi connectivity index (χ4n) is 0.684. The van der Waals surface area contributed by atoms with Crippen molar-refractivity contribution in [2.24, 2.45) is 11.5 Å².